The minimum Gasteiger partial charge on any atom is -0.506 e. The molecule has 1 amide bonds. The predicted molar refractivity (Wildman–Crippen MR) is 103 cm³/mol. The average Bonchev–Trinajstić information content (AvgIpc) is 3.39. The van der Waals surface area contributed by atoms with Crippen molar-refractivity contribution in [2.24, 2.45) is 0 Å². The van der Waals surface area contributed by atoms with Crippen LogP contribution in [0.15, 0.2) is 24.3 Å². The van der Waals surface area contributed by atoms with Crippen LogP contribution in [-0.4, -0.2) is 80.6 Å². The summed E-state index contributed by atoms with van der Waals surface area (Å²) < 4.78 is 23.7. The summed E-state index contributed by atoms with van der Waals surface area (Å²) >= 11 is 0. The molecule has 27 heavy (non-hydrogen) atoms. The van der Waals surface area contributed by atoms with E-state index in [4.69, 9.17) is 0 Å². The summed E-state index contributed by atoms with van der Waals surface area (Å²) in [5, 5.41) is 10.0. The Morgan fingerprint density at radius 1 is 1.15 bits per heavy atom. The summed E-state index contributed by atoms with van der Waals surface area (Å²) in [5.74, 6) is 0.733. The monoisotopic (exact) mass is 394 g/mol. The van der Waals surface area contributed by atoms with Gasteiger partial charge in [0.05, 0.1) is 43.4 Å². The number of aromatic hydroxyl groups is 1. The molecule has 0 unspecified atom stereocenters. The fourth-order valence-corrected chi connectivity index (χ4v) is 6.04. The van der Waals surface area contributed by atoms with Crippen molar-refractivity contribution >= 4 is 21.4 Å². The molecular weight excluding hydrogens is 366 g/mol. The minimum absolute atomic E-state index is 0.102. The number of piperazine rings is 1. The molecule has 1 aromatic carbocycles. The number of hydrogen-bond donors (Lipinski definition) is 2. The van der Waals surface area contributed by atoms with Crippen LogP contribution in [0, 0.1) is 0 Å². The lowest BCUT2D eigenvalue weighted by Gasteiger charge is -2.35. The van der Waals surface area contributed by atoms with Crippen LogP contribution in [0.2, 0.25) is 0 Å². The second-order valence-corrected chi connectivity index (χ2v) is 10.2. The second kappa shape index (κ2) is 7.31. The molecule has 2 N–H and O–H groups in total. The van der Waals surface area contributed by atoms with Gasteiger partial charge in [-0.25, -0.2) is 8.42 Å². The van der Waals surface area contributed by atoms with E-state index >= 15 is 0 Å². The van der Waals surface area contributed by atoms with Crippen molar-refractivity contribution in [1.82, 2.24) is 4.90 Å². The summed E-state index contributed by atoms with van der Waals surface area (Å²) in [6.07, 6.45) is 2.58. The zero-order chi connectivity index (χ0) is 19.0. The van der Waals surface area contributed by atoms with E-state index in [2.05, 4.69) is 4.90 Å². The molecule has 2 saturated heterocycles. The van der Waals surface area contributed by atoms with Crippen molar-refractivity contribution in [2.75, 3.05) is 49.1 Å². The van der Waals surface area contributed by atoms with Crippen LogP contribution in [0.1, 0.15) is 19.3 Å². The molecule has 1 atom stereocenters. The number of sulfone groups is 1. The van der Waals surface area contributed by atoms with Gasteiger partial charge in [0.2, 0.25) is 0 Å². The number of para-hydroxylation sites is 2. The Morgan fingerprint density at radius 2 is 1.85 bits per heavy atom. The number of nitrogens with zero attached hydrogens (tertiary/aromatic N) is 2. The molecule has 3 fully saturated rings. The predicted octanol–water partition coefficient (Wildman–Crippen LogP) is -0.725. The summed E-state index contributed by atoms with van der Waals surface area (Å²) in [5.41, 5.74) is 0.846. The van der Waals surface area contributed by atoms with E-state index in [1.807, 2.05) is 23.1 Å². The maximum absolute atomic E-state index is 13.0. The van der Waals surface area contributed by atoms with Gasteiger partial charge in [0.1, 0.15) is 5.75 Å². The van der Waals surface area contributed by atoms with Crippen molar-refractivity contribution in [1.29, 1.82) is 0 Å². The molecule has 1 saturated carbocycles. The molecular formula is C19H28N3O4S+. The van der Waals surface area contributed by atoms with Gasteiger partial charge in [-0.2, -0.15) is 0 Å². The first-order chi connectivity index (χ1) is 12.9. The van der Waals surface area contributed by atoms with E-state index in [1.165, 1.54) is 4.90 Å². The van der Waals surface area contributed by atoms with Gasteiger partial charge in [0, 0.05) is 12.1 Å². The Morgan fingerprint density at radius 3 is 2.44 bits per heavy atom. The Labute approximate surface area is 160 Å². The molecule has 148 valence electrons. The molecule has 0 spiro atoms. The first kappa shape index (κ1) is 18.6. The Balaban J connectivity index is 1.34. The van der Waals surface area contributed by atoms with Gasteiger partial charge in [0.15, 0.2) is 16.4 Å². The number of rotatable bonds is 5. The number of nitrogens with one attached hydrogen (secondary N) is 1. The van der Waals surface area contributed by atoms with E-state index in [1.54, 1.807) is 6.07 Å². The van der Waals surface area contributed by atoms with E-state index in [9.17, 15) is 18.3 Å². The average molecular weight is 395 g/mol. The number of hydrogen-bond acceptors (Lipinski definition) is 5. The summed E-state index contributed by atoms with van der Waals surface area (Å²) in [6, 6.07) is 7.47. The number of carbonyl (C=O) groups excluding carboxylic acids is 1. The molecule has 7 nitrogen and oxygen atoms in total. The number of phenolic OH excluding ortho intramolecular Hbond substituents is 1. The van der Waals surface area contributed by atoms with E-state index < -0.39 is 9.84 Å². The number of quaternary nitrogens is 1. The standard InChI is InChI=1S/C19H27N3O4S/c23-18-4-2-1-3-17(18)21-10-8-20(9-11-21)13-19(24)22(15-5-6-15)16-7-12-27(25,26)14-16/h1-4,15-16,23H,5-14H2/p+1/t16-/m0/s1. The largest absolute Gasteiger partial charge is 0.506 e. The van der Waals surface area contributed by atoms with Crippen molar-refractivity contribution in [2.45, 2.75) is 31.3 Å². The van der Waals surface area contributed by atoms with Gasteiger partial charge in [-0.15, -0.1) is 0 Å². The highest BCUT2D eigenvalue weighted by Gasteiger charge is 2.43. The fraction of sp³-hybridized carbons (Fsp3) is 0.632. The second-order valence-electron chi connectivity index (χ2n) is 7.99. The summed E-state index contributed by atoms with van der Waals surface area (Å²) in [4.78, 5) is 18.2. The summed E-state index contributed by atoms with van der Waals surface area (Å²) in [7, 11) is -2.99. The quantitative estimate of drug-likeness (QED) is 0.689. The van der Waals surface area contributed by atoms with Crippen LogP contribution in [0.3, 0.4) is 0 Å². The highest BCUT2D eigenvalue weighted by molar-refractivity contribution is 7.91. The lowest BCUT2D eigenvalue weighted by atomic mass is 10.2. The van der Waals surface area contributed by atoms with Crippen LogP contribution in [-0.2, 0) is 14.6 Å². The molecule has 2 heterocycles. The van der Waals surface area contributed by atoms with Crippen molar-refractivity contribution in [3.05, 3.63) is 24.3 Å². The molecule has 1 aromatic rings. The Bertz CT molecular complexity index is 801. The minimum atomic E-state index is -2.99. The fourth-order valence-electron chi connectivity index (χ4n) is 4.33. The number of anilines is 1. The normalized spacial score (nSPS) is 25.5. The lowest BCUT2D eigenvalue weighted by molar-refractivity contribution is -0.892. The van der Waals surface area contributed by atoms with Gasteiger partial charge in [-0.1, -0.05) is 12.1 Å². The molecule has 0 radical (unpaired) electrons. The van der Waals surface area contributed by atoms with E-state index in [0.717, 1.165) is 44.7 Å². The molecule has 0 bridgehead atoms. The van der Waals surface area contributed by atoms with Crippen LogP contribution in [0.5, 0.6) is 5.75 Å². The van der Waals surface area contributed by atoms with Crippen molar-refractivity contribution < 1.29 is 23.2 Å². The molecule has 3 aliphatic rings. The van der Waals surface area contributed by atoms with Crippen LogP contribution in [0.4, 0.5) is 5.69 Å². The van der Waals surface area contributed by atoms with Gasteiger partial charge in [-0.3, -0.25) is 4.79 Å². The summed E-state index contributed by atoms with van der Waals surface area (Å²) in [6.45, 7) is 3.69. The molecule has 1 aliphatic carbocycles. The van der Waals surface area contributed by atoms with Gasteiger partial charge < -0.3 is 19.8 Å². The molecule has 2 aliphatic heterocycles. The van der Waals surface area contributed by atoms with Gasteiger partial charge in [0.25, 0.3) is 5.91 Å². The first-order valence-corrected chi connectivity index (χ1v) is 11.6. The lowest BCUT2D eigenvalue weighted by Crippen LogP contribution is -3.16. The molecule has 0 aromatic heterocycles. The third-order valence-electron chi connectivity index (χ3n) is 5.92. The van der Waals surface area contributed by atoms with Crippen LogP contribution >= 0.6 is 0 Å². The smallest absolute Gasteiger partial charge is 0.278 e. The highest BCUT2D eigenvalue weighted by Crippen LogP contribution is 2.32. The third-order valence-corrected chi connectivity index (χ3v) is 7.67. The van der Waals surface area contributed by atoms with E-state index in [0.29, 0.717) is 18.7 Å². The van der Waals surface area contributed by atoms with Gasteiger partial charge in [-0.05, 0) is 31.4 Å². The SMILES string of the molecule is O=C(C[NH+]1CCN(c2ccccc2O)CC1)N(C1CC1)[C@H]1CCS(=O)(=O)C1. The highest BCUT2D eigenvalue weighted by atomic mass is 32.2. The topological polar surface area (TPSA) is 82.4 Å². The van der Waals surface area contributed by atoms with E-state index in [-0.39, 0.29) is 29.5 Å². The molecule has 8 heteroatoms. The van der Waals surface area contributed by atoms with Crippen molar-refractivity contribution in [3.8, 4) is 5.75 Å². The number of amides is 1. The number of carbonyl (C=O) groups is 1. The Kier molecular flexibility index (Phi) is 5.03. The number of benzene rings is 1. The maximum atomic E-state index is 13.0. The Hall–Kier alpha value is -1.80. The number of phenols is 1. The van der Waals surface area contributed by atoms with Crippen LogP contribution in [0.25, 0.3) is 0 Å². The first-order valence-electron chi connectivity index (χ1n) is 9.81. The zero-order valence-corrected chi connectivity index (χ0v) is 16.3. The third kappa shape index (κ3) is 4.21. The van der Waals surface area contributed by atoms with Gasteiger partial charge >= 0.3 is 0 Å². The molecule has 4 rings (SSSR count). The maximum Gasteiger partial charge on any atom is 0.278 e. The zero-order valence-electron chi connectivity index (χ0n) is 15.5. The van der Waals surface area contributed by atoms with Crippen molar-refractivity contribution in [3.63, 3.8) is 0 Å². The van der Waals surface area contributed by atoms with Crippen LogP contribution < -0.4 is 9.80 Å².